The van der Waals surface area contributed by atoms with Gasteiger partial charge in [0, 0.05) is 25.8 Å². The van der Waals surface area contributed by atoms with E-state index in [4.69, 9.17) is 4.74 Å². The smallest absolute Gasteiger partial charge is 0.331 e. The molecule has 0 bridgehead atoms. The third-order valence-corrected chi connectivity index (χ3v) is 3.00. The standard InChI is InChI=1S/C11H15N3O4/c1-2-14-6-8(5-12-14)9(15)13-11(10(16)17)3-4-18-7-11/h5-6H,2-4,7H2,1H3,(H,13,15)(H,16,17). The third kappa shape index (κ3) is 2.21. The minimum absolute atomic E-state index is 0.00398. The first-order chi connectivity index (χ1) is 8.57. The van der Waals surface area contributed by atoms with Crippen molar-refractivity contribution in [2.24, 2.45) is 0 Å². The number of nitrogens with one attached hydrogen (secondary N) is 1. The number of carbonyl (C=O) groups excluding carboxylic acids is 1. The fourth-order valence-corrected chi connectivity index (χ4v) is 1.83. The van der Waals surface area contributed by atoms with Gasteiger partial charge in [0.2, 0.25) is 0 Å². The lowest BCUT2D eigenvalue weighted by atomic mass is 9.98. The van der Waals surface area contributed by atoms with Crippen molar-refractivity contribution in [2.45, 2.75) is 25.4 Å². The molecular formula is C11H15N3O4. The lowest BCUT2D eigenvalue weighted by Crippen LogP contribution is -2.55. The maximum absolute atomic E-state index is 12.0. The molecule has 2 rings (SSSR count). The van der Waals surface area contributed by atoms with Gasteiger partial charge in [0.15, 0.2) is 5.54 Å². The first kappa shape index (κ1) is 12.6. The van der Waals surface area contributed by atoms with E-state index in [0.29, 0.717) is 18.7 Å². The number of aryl methyl sites for hydroxylation is 1. The van der Waals surface area contributed by atoms with Gasteiger partial charge in [-0.15, -0.1) is 0 Å². The van der Waals surface area contributed by atoms with E-state index in [9.17, 15) is 14.7 Å². The molecule has 1 aliphatic heterocycles. The van der Waals surface area contributed by atoms with Crippen molar-refractivity contribution < 1.29 is 19.4 Å². The normalized spacial score (nSPS) is 22.9. The molecule has 1 atom stereocenters. The summed E-state index contributed by atoms with van der Waals surface area (Å²) in [6, 6.07) is 0. The molecule has 1 fully saturated rings. The number of carboxylic acids is 1. The fourth-order valence-electron chi connectivity index (χ4n) is 1.83. The minimum atomic E-state index is -1.31. The van der Waals surface area contributed by atoms with E-state index in [1.807, 2.05) is 6.92 Å². The number of nitrogens with zero attached hydrogens (tertiary/aromatic N) is 2. The molecule has 1 saturated heterocycles. The van der Waals surface area contributed by atoms with E-state index in [2.05, 4.69) is 10.4 Å². The molecule has 7 nitrogen and oxygen atoms in total. The Morgan fingerprint density at radius 3 is 2.94 bits per heavy atom. The summed E-state index contributed by atoms with van der Waals surface area (Å²) in [5, 5.41) is 15.7. The van der Waals surface area contributed by atoms with Crippen molar-refractivity contribution in [2.75, 3.05) is 13.2 Å². The molecule has 98 valence electrons. The first-order valence-corrected chi connectivity index (χ1v) is 5.73. The number of rotatable bonds is 4. The average molecular weight is 253 g/mol. The summed E-state index contributed by atoms with van der Waals surface area (Å²) < 4.78 is 6.67. The topological polar surface area (TPSA) is 93.5 Å². The van der Waals surface area contributed by atoms with Crippen LogP contribution in [0.4, 0.5) is 0 Å². The van der Waals surface area contributed by atoms with Crippen LogP contribution < -0.4 is 5.32 Å². The Hall–Kier alpha value is -1.89. The van der Waals surface area contributed by atoms with Crippen LogP contribution in [0.3, 0.4) is 0 Å². The molecule has 1 amide bonds. The van der Waals surface area contributed by atoms with Gasteiger partial charge in [-0.25, -0.2) is 4.79 Å². The second kappa shape index (κ2) is 4.77. The van der Waals surface area contributed by atoms with E-state index in [1.165, 1.54) is 6.20 Å². The number of amides is 1. The van der Waals surface area contributed by atoms with Gasteiger partial charge in [-0.1, -0.05) is 0 Å². The Morgan fingerprint density at radius 2 is 2.44 bits per heavy atom. The summed E-state index contributed by atoms with van der Waals surface area (Å²) in [6.45, 7) is 2.88. The largest absolute Gasteiger partial charge is 0.479 e. The molecule has 0 aromatic carbocycles. The van der Waals surface area contributed by atoms with Crippen LogP contribution in [0.1, 0.15) is 23.7 Å². The molecule has 1 aromatic heterocycles. The summed E-state index contributed by atoms with van der Waals surface area (Å²) in [4.78, 5) is 23.2. The molecule has 1 aromatic rings. The highest BCUT2D eigenvalue weighted by Crippen LogP contribution is 2.19. The van der Waals surface area contributed by atoms with Crippen molar-refractivity contribution in [3.8, 4) is 0 Å². The summed E-state index contributed by atoms with van der Waals surface area (Å²) in [5.74, 6) is -1.51. The van der Waals surface area contributed by atoms with Gasteiger partial charge in [0.1, 0.15) is 0 Å². The van der Waals surface area contributed by atoms with Gasteiger partial charge in [-0.3, -0.25) is 9.48 Å². The summed E-state index contributed by atoms with van der Waals surface area (Å²) >= 11 is 0. The molecule has 0 spiro atoms. The van der Waals surface area contributed by atoms with Gasteiger partial charge < -0.3 is 15.2 Å². The monoisotopic (exact) mass is 253 g/mol. The molecular weight excluding hydrogens is 238 g/mol. The Morgan fingerprint density at radius 1 is 1.67 bits per heavy atom. The van der Waals surface area contributed by atoms with Gasteiger partial charge >= 0.3 is 5.97 Å². The predicted molar refractivity (Wildman–Crippen MR) is 61.2 cm³/mol. The number of hydrogen-bond donors (Lipinski definition) is 2. The number of aliphatic carboxylic acids is 1. The van der Waals surface area contributed by atoms with Crippen molar-refractivity contribution in [3.63, 3.8) is 0 Å². The second-order valence-electron chi connectivity index (χ2n) is 4.23. The second-order valence-corrected chi connectivity index (χ2v) is 4.23. The molecule has 2 heterocycles. The van der Waals surface area contributed by atoms with E-state index in [0.717, 1.165) is 0 Å². The third-order valence-electron chi connectivity index (χ3n) is 3.00. The van der Waals surface area contributed by atoms with Crippen LogP contribution in [0, 0.1) is 0 Å². The van der Waals surface area contributed by atoms with Gasteiger partial charge in [0.05, 0.1) is 18.4 Å². The van der Waals surface area contributed by atoms with E-state index >= 15 is 0 Å². The summed E-state index contributed by atoms with van der Waals surface area (Å²) in [5.41, 5.74) is -0.963. The van der Waals surface area contributed by atoms with Crippen molar-refractivity contribution in [3.05, 3.63) is 18.0 Å². The highest BCUT2D eigenvalue weighted by molar-refractivity contribution is 5.97. The number of hydrogen-bond acceptors (Lipinski definition) is 4. The van der Waals surface area contributed by atoms with Crippen LogP contribution in [0.2, 0.25) is 0 Å². The fraction of sp³-hybridized carbons (Fsp3) is 0.545. The van der Waals surface area contributed by atoms with Crippen LogP contribution >= 0.6 is 0 Å². The Balaban J connectivity index is 2.12. The number of ether oxygens (including phenoxy) is 1. The average Bonchev–Trinajstić information content (AvgIpc) is 2.97. The quantitative estimate of drug-likeness (QED) is 0.780. The lowest BCUT2D eigenvalue weighted by molar-refractivity contribution is -0.144. The summed E-state index contributed by atoms with van der Waals surface area (Å²) in [7, 11) is 0. The SMILES string of the molecule is CCn1cc(C(=O)NC2(C(=O)O)CCOC2)cn1. The molecule has 2 N–H and O–H groups in total. The Kier molecular flexibility index (Phi) is 3.33. The molecule has 1 unspecified atom stereocenters. The van der Waals surface area contributed by atoms with Gasteiger partial charge in [-0.05, 0) is 6.92 Å². The Bertz CT molecular complexity index is 463. The lowest BCUT2D eigenvalue weighted by Gasteiger charge is -2.23. The van der Waals surface area contributed by atoms with Crippen molar-refractivity contribution >= 4 is 11.9 Å². The highest BCUT2D eigenvalue weighted by Gasteiger charge is 2.44. The zero-order valence-electron chi connectivity index (χ0n) is 10.0. The maximum Gasteiger partial charge on any atom is 0.331 e. The zero-order valence-corrected chi connectivity index (χ0v) is 10.0. The predicted octanol–water partition coefficient (Wildman–Crippen LogP) is -0.123. The van der Waals surface area contributed by atoms with Crippen molar-refractivity contribution in [1.82, 2.24) is 15.1 Å². The molecule has 7 heteroatoms. The molecule has 18 heavy (non-hydrogen) atoms. The van der Waals surface area contributed by atoms with Crippen LogP contribution in [-0.2, 0) is 16.1 Å². The maximum atomic E-state index is 12.0. The van der Waals surface area contributed by atoms with Crippen LogP contribution in [0.25, 0.3) is 0 Å². The first-order valence-electron chi connectivity index (χ1n) is 5.73. The molecule has 0 saturated carbocycles. The van der Waals surface area contributed by atoms with E-state index in [1.54, 1.807) is 10.9 Å². The van der Waals surface area contributed by atoms with E-state index in [-0.39, 0.29) is 13.0 Å². The highest BCUT2D eigenvalue weighted by atomic mass is 16.5. The van der Waals surface area contributed by atoms with Crippen LogP contribution in [0.15, 0.2) is 12.4 Å². The number of aromatic nitrogens is 2. The van der Waals surface area contributed by atoms with Crippen LogP contribution in [0.5, 0.6) is 0 Å². The Labute approximate surface area is 104 Å². The number of carboxylic acid groups (broad SMARTS) is 1. The molecule has 0 radical (unpaired) electrons. The summed E-state index contributed by atoms with van der Waals surface area (Å²) in [6.07, 6.45) is 3.28. The van der Waals surface area contributed by atoms with Crippen LogP contribution in [-0.4, -0.2) is 45.5 Å². The molecule has 1 aliphatic rings. The number of carbonyl (C=O) groups is 2. The van der Waals surface area contributed by atoms with Gasteiger partial charge in [0.25, 0.3) is 5.91 Å². The van der Waals surface area contributed by atoms with Gasteiger partial charge in [-0.2, -0.15) is 5.10 Å². The van der Waals surface area contributed by atoms with Crippen molar-refractivity contribution in [1.29, 1.82) is 0 Å². The molecule has 0 aliphatic carbocycles. The van der Waals surface area contributed by atoms with E-state index < -0.39 is 17.4 Å². The minimum Gasteiger partial charge on any atom is -0.479 e. The zero-order chi connectivity index (χ0) is 13.2.